The van der Waals surface area contributed by atoms with Gasteiger partial charge >= 0.3 is 0 Å². The summed E-state index contributed by atoms with van der Waals surface area (Å²) in [7, 11) is 1.41. The van der Waals surface area contributed by atoms with Crippen molar-refractivity contribution in [1.29, 1.82) is 0 Å². The minimum absolute atomic E-state index is 0.0317. The van der Waals surface area contributed by atoms with E-state index in [2.05, 4.69) is 15.9 Å². The van der Waals surface area contributed by atoms with Crippen LogP contribution in [-0.2, 0) is 0 Å². The molecule has 0 aliphatic carbocycles. The predicted octanol–water partition coefficient (Wildman–Crippen LogP) is 2.41. The Bertz CT molecular complexity index is 417. The lowest BCUT2D eigenvalue weighted by Gasteiger charge is -2.05. The quantitative estimate of drug-likeness (QED) is 0.678. The Morgan fingerprint density at radius 3 is 2.80 bits per heavy atom. The Hall–Kier alpha value is -1.56. The van der Waals surface area contributed by atoms with E-state index in [9.17, 15) is 15.2 Å². The van der Waals surface area contributed by atoms with Crippen molar-refractivity contribution in [3.63, 3.8) is 0 Å². The first-order valence-electron chi connectivity index (χ1n) is 3.93. The van der Waals surface area contributed by atoms with Gasteiger partial charge in [-0.15, -0.1) is 0 Å². The van der Waals surface area contributed by atoms with Gasteiger partial charge in [0.15, 0.2) is 11.5 Å². The van der Waals surface area contributed by atoms with Gasteiger partial charge in [-0.05, 0) is 33.6 Å². The first-order chi connectivity index (χ1) is 7.04. The van der Waals surface area contributed by atoms with Gasteiger partial charge in [0.25, 0.3) is 0 Å². The van der Waals surface area contributed by atoms with E-state index in [1.54, 1.807) is 6.07 Å². The van der Waals surface area contributed by atoms with Crippen LogP contribution in [0.1, 0.15) is 5.56 Å². The molecule has 0 heterocycles. The number of ether oxygens (including phenoxy) is 1. The Morgan fingerprint density at radius 2 is 2.27 bits per heavy atom. The van der Waals surface area contributed by atoms with E-state index in [0.29, 0.717) is 10.0 Å². The molecular weight excluding hydrogens is 266 g/mol. The first kappa shape index (κ1) is 11.5. The topological polar surface area (TPSA) is 72.6 Å². The average molecular weight is 274 g/mol. The zero-order valence-electron chi connectivity index (χ0n) is 7.81. The van der Waals surface area contributed by atoms with Crippen molar-refractivity contribution in [1.82, 2.24) is 0 Å². The molecule has 6 heteroatoms. The van der Waals surface area contributed by atoms with Gasteiger partial charge in [0.1, 0.15) is 0 Å². The number of hydrogen-bond acceptors (Lipinski definition) is 4. The van der Waals surface area contributed by atoms with Crippen LogP contribution in [0.5, 0.6) is 11.5 Å². The second kappa shape index (κ2) is 4.79. The molecule has 1 aromatic rings. The second-order valence-corrected chi connectivity index (χ2v) is 3.51. The van der Waals surface area contributed by atoms with Gasteiger partial charge in [-0.1, -0.05) is 0 Å². The third-order valence-corrected chi connectivity index (χ3v) is 2.26. The summed E-state index contributed by atoms with van der Waals surface area (Å²) in [5, 5.41) is 19.6. The van der Waals surface area contributed by atoms with Crippen LogP contribution in [0.2, 0.25) is 0 Å². The number of phenols is 1. The molecule has 1 aromatic carbocycles. The van der Waals surface area contributed by atoms with Crippen LogP contribution in [0, 0.1) is 10.1 Å². The van der Waals surface area contributed by atoms with Gasteiger partial charge in [0, 0.05) is 6.08 Å². The molecule has 0 fully saturated rings. The second-order valence-electron chi connectivity index (χ2n) is 2.65. The van der Waals surface area contributed by atoms with Crippen molar-refractivity contribution >= 4 is 22.0 Å². The van der Waals surface area contributed by atoms with E-state index in [1.165, 1.54) is 19.3 Å². The van der Waals surface area contributed by atoms with Crippen LogP contribution in [-0.4, -0.2) is 17.1 Å². The van der Waals surface area contributed by atoms with Crippen molar-refractivity contribution in [3.8, 4) is 11.5 Å². The Balaban J connectivity index is 3.11. The lowest BCUT2D eigenvalue weighted by Crippen LogP contribution is -1.87. The highest BCUT2D eigenvalue weighted by molar-refractivity contribution is 9.10. The predicted molar refractivity (Wildman–Crippen MR) is 58.4 cm³/mol. The van der Waals surface area contributed by atoms with Crippen LogP contribution in [0.4, 0.5) is 0 Å². The summed E-state index contributed by atoms with van der Waals surface area (Å²) in [4.78, 5) is 9.54. The summed E-state index contributed by atoms with van der Waals surface area (Å²) in [5.41, 5.74) is 0.563. The Kier molecular flexibility index (Phi) is 3.68. The van der Waals surface area contributed by atoms with Crippen LogP contribution in [0.25, 0.3) is 6.08 Å². The summed E-state index contributed by atoms with van der Waals surface area (Å²) in [6, 6.07) is 3.05. The van der Waals surface area contributed by atoms with E-state index in [1.807, 2.05) is 0 Å². The maximum Gasteiger partial charge on any atom is 0.235 e. The minimum Gasteiger partial charge on any atom is -0.503 e. The number of hydrogen-bond donors (Lipinski definition) is 1. The monoisotopic (exact) mass is 273 g/mol. The highest BCUT2D eigenvalue weighted by Crippen LogP contribution is 2.35. The molecule has 0 amide bonds. The van der Waals surface area contributed by atoms with Gasteiger partial charge in [-0.25, -0.2) is 0 Å². The van der Waals surface area contributed by atoms with E-state index in [4.69, 9.17) is 4.74 Å². The van der Waals surface area contributed by atoms with Crippen molar-refractivity contribution in [2.24, 2.45) is 0 Å². The molecule has 1 rings (SSSR count). The number of aromatic hydroxyl groups is 1. The molecule has 0 bridgehead atoms. The van der Waals surface area contributed by atoms with Crippen LogP contribution < -0.4 is 4.74 Å². The maximum atomic E-state index is 10.1. The number of nitro groups is 1. The maximum absolute atomic E-state index is 10.1. The van der Waals surface area contributed by atoms with E-state index in [-0.39, 0.29) is 11.5 Å². The number of benzene rings is 1. The summed E-state index contributed by atoms with van der Waals surface area (Å²) in [6.07, 6.45) is 2.13. The van der Waals surface area contributed by atoms with Crippen molar-refractivity contribution in [2.45, 2.75) is 0 Å². The van der Waals surface area contributed by atoms with Gasteiger partial charge in [0.2, 0.25) is 6.20 Å². The van der Waals surface area contributed by atoms with Crippen LogP contribution in [0.3, 0.4) is 0 Å². The number of rotatable bonds is 3. The van der Waals surface area contributed by atoms with Crippen molar-refractivity contribution in [2.75, 3.05) is 7.11 Å². The Labute approximate surface area is 94.3 Å². The summed E-state index contributed by atoms with van der Waals surface area (Å²) in [6.45, 7) is 0. The zero-order chi connectivity index (χ0) is 11.4. The minimum atomic E-state index is -0.562. The largest absolute Gasteiger partial charge is 0.503 e. The molecule has 0 unspecified atom stereocenters. The number of halogens is 1. The van der Waals surface area contributed by atoms with Gasteiger partial charge in [-0.3, -0.25) is 10.1 Å². The molecule has 0 aliphatic rings. The third kappa shape index (κ3) is 2.95. The molecule has 1 N–H and O–H groups in total. The van der Waals surface area contributed by atoms with E-state index < -0.39 is 4.92 Å². The molecule has 0 saturated carbocycles. The summed E-state index contributed by atoms with van der Waals surface area (Å²) in [5.74, 6) is 0.225. The van der Waals surface area contributed by atoms with Crippen molar-refractivity contribution < 1.29 is 14.8 Å². The number of nitrogens with zero attached hydrogens (tertiary/aromatic N) is 1. The molecule has 0 atom stereocenters. The van der Waals surface area contributed by atoms with Gasteiger partial charge in [-0.2, -0.15) is 0 Å². The summed E-state index contributed by atoms with van der Waals surface area (Å²) >= 11 is 3.11. The standard InChI is InChI=1S/C9H8BrNO4/c1-15-8-5-6(2-3-11(13)14)4-7(10)9(8)12/h2-5,12H,1H3. The highest BCUT2D eigenvalue weighted by Gasteiger charge is 2.07. The molecule has 0 aromatic heterocycles. The smallest absolute Gasteiger partial charge is 0.235 e. The van der Waals surface area contributed by atoms with E-state index >= 15 is 0 Å². The third-order valence-electron chi connectivity index (χ3n) is 1.66. The molecule has 5 nitrogen and oxygen atoms in total. The fourth-order valence-corrected chi connectivity index (χ4v) is 1.45. The number of phenolic OH excluding ortho intramolecular Hbond substituents is 1. The molecular formula is C9H8BrNO4. The molecule has 80 valence electrons. The lowest BCUT2D eigenvalue weighted by molar-refractivity contribution is -0.400. The molecule has 0 saturated heterocycles. The first-order valence-corrected chi connectivity index (χ1v) is 4.72. The van der Waals surface area contributed by atoms with E-state index in [0.717, 1.165) is 6.20 Å². The fourth-order valence-electron chi connectivity index (χ4n) is 0.993. The molecule has 0 aliphatic heterocycles. The number of methoxy groups -OCH3 is 1. The van der Waals surface area contributed by atoms with Crippen molar-refractivity contribution in [3.05, 3.63) is 38.5 Å². The van der Waals surface area contributed by atoms with Crippen LogP contribution in [0.15, 0.2) is 22.8 Å². The SMILES string of the molecule is COc1cc(C=C[N+](=O)[O-])cc(Br)c1O. The molecule has 15 heavy (non-hydrogen) atoms. The Morgan fingerprint density at radius 1 is 1.60 bits per heavy atom. The molecule has 0 spiro atoms. The van der Waals surface area contributed by atoms with Gasteiger partial charge < -0.3 is 9.84 Å². The highest BCUT2D eigenvalue weighted by atomic mass is 79.9. The average Bonchev–Trinajstić information content (AvgIpc) is 2.19. The fraction of sp³-hybridized carbons (Fsp3) is 0.111. The normalized spacial score (nSPS) is 10.5. The zero-order valence-corrected chi connectivity index (χ0v) is 9.39. The van der Waals surface area contributed by atoms with Crippen LogP contribution >= 0.6 is 15.9 Å². The molecule has 0 radical (unpaired) electrons. The summed E-state index contributed by atoms with van der Waals surface area (Å²) < 4.78 is 5.31. The lowest BCUT2D eigenvalue weighted by atomic mass is 10.2. The van der Waals surface area contributed by atoms with Gasteiger partial charge in [0.05, 0.1) is 16.5 Å².